The summed E-state index contributed by atoms with van der Waals surface area (Å²) in [4.78, 5) is 4.66. The lowest BCUT2D eigenvalue weighted by atomic mass is 10.1. The third-order valence-electron chi connectivity index (χ3n) is 5.06. The number of likely N-dealkylation sites (tertiary alicyclic amines) is 1. The molecule has 2 aliphatic rings. The van der Waals surface area contributed by atoms with Gasteiger partial charge in [0.25, 0.3) is 0 Å². The van der Waals surface area contributed by atoms with Crippen molar-refractivity contribution in [1.29, 1.82) is 0 Å². The van der Waals surface area contributed by atoms with Crippen molar-refractivity contribution in [1.82, 2.24) is 14.1 Å². The molecule has 2 aliphatic heterocycles. The summed E-state index contributed by atoms with van der Waals surface area (Å²) in [7, 11) is -3.16. The minimum Gasteiger partial charge on any atom is -0.297 e. The van der Waals surface area contributed by atoms with Crippen molar-refractivity contribution in [2.24, 2.45) is 0 Å². The van der Waals surface area contributed by atoms with E-state index in [9.17, 15) is 8.42 Å². The van der Waals surface area contributed by atoms with Gasteiger partial charge in [0.05, 0.1) is 5.25 Å². The minimum atomic E-state index is -3.16. The van der Waals surface area contributed by atoms with Crippen LogP contribution in [0.1, 0.15) is 48.0 Å². The molecule has 0 aliphatic carbocycles. The Morgan fingerprint density at radius 2 is 1.27 bits per heavy atom. The van der Waals surface area contributed by atoms with Crippen LogP contribution in [-0.2, 0) is 10.0 Å². The Labute approximate surface area is 136 Å². The van der Waals surface area contributed by atoms with Gasteiger partial charge in [-0.3, -0.25) is 9.80 Å². The number of sulfonamides is 1. The van der Waals surface area contributed by atoms with Crippen LogP contribution in [-0.4, -0.2) is 78.1 Å². The van der Waals surface area contributed by atoms with E-state index in [0.717, 1.165) is 26.1 Å². The molecule has 0 saturated carbocycles. The van der Waals surface area contributed by atoms with E-state index in [0.29, 0.717) is 19.6 Å². The molecule has 0 bridgehead atoms. The highest BCUT2D eigenvalue weighted by Gasteiger charge is 2.41. The van der Waals surface area contributed by atoms with E-state index >= 15 is 0 Å². The monoisotopic (exact) mass is 331 g/mol. The average molecular weight is 332 g/mol. The fourth-order valence-corrected chi connectivity index (χ4v) is 5.27. The van der Waals surface area contributed by atoms with Gasteiger partial charge in [-0.25, -0.2) is 8.42 Å². The van der Waals surface area contributed by atoms with Gasteiger partial charge >= 0.3 is 0 Å². The second-order valence-electron chi connectivity index (χ2n) is 8.63. The predicted octanol–water partition coefficient (Wildman–Crippen LogP) is 1.61. The molecule has 0 radical (unpaired) electrons. The lowest BCUT2D eigenvalue weighted by Crippen LogP contribution is -2.56. The van der Waals surface area contributed by atoms with Crippen LogP contribution in [0.3, 0.4) is 0 Å². The Morgan fingerprint density at radius 1 is 0.773 bits per heavy atom. The third kappa shape index (κ3) is 3.83. The van der Waals surface area contributed by atoms with Crippen molar-refractivity contribution in [2.45, 2.75) is 64.3 Å². The zero-order valence-corrected chi connectivity index (χ0v) is 15.9. The fraction of sp³-hybridized carbons (Fsp3) is 1.00. The van der Waals surface area contributed by atoms with Crippen molar-refractivity contribution >= 4 is 10.0 Å². The van der Waals surface area contributed by atoms with Crippen molar-refractivity contribution in [3.63, 3.8) is 0 Å². The number of hydrogen-bond donors (Lipinski definition) is 0. The lowest BCUT2D eigenvalue weighted by molar-refractivity contribution is 0.0917. The summed E-state index contributed by atoms with van der Waals surface area (Å²) in [6, 6.07) is 0. The van der Waals surface area contributed by atoms with Crippen LogP contribution in [0.15, 0.2) is 0 Å². The topological polar surface area (TPSA) is 43.9 Å². The maximum Gasteiger partial charge on any atom is 0.218 e. The molecule has 6 heteroatoms. The van der Waals surface area contributed by atoms with E-state index in [1.807, 2.05) is 0 Å². The van der Waals surface area contributed by atoms with Gasteiger partial charge in [0.1, 0.15) is 0 Å². The smallest absolute Gasteiger partial charge is 0.218 e. The van der Waals surface area contributed by atoms with Crippen LogP contribution in [0.5, 0.6) is 0 Å². The van der Waals surface area contributed by atoms with Crippen LogP contribution in [0.25, 0.3) is 0 Å². The first-order valence-electron chi connectivity index (χ1n) is 8.41. The zero-order valence-electron chi connectivity index (χ0n) is 15.1. The van der Waals surface area contributed by atoms with Crippen molar-refractivity contribution in [2.75, 3.05) is 39.3 Å². The number of piperazine rings is 1. The van der Waals surface area contributed by atoms with Crippen molar-refractivity contribution < 1.29 is 8.42 Å². The van der Waals surface area contributed by atoms with Crippen LogP contribution >= 0.6 is 0 Å². The van der Waals surface area contributed by atoms with Gasteiger partial charge < -0.3 is 0 Å². The number of hydrogen-bond acceptors (Lipinski definition) is 4. The first kappa shape index (κ1) is 18.2. The number of rotatable bonds is 2. The highest BCUT2D eigenvalue weighted by atomic mass is 32.2. The summed E-state index contributed by atoms with van der Waals surface area (Å²) in [6.45, 7) is 17.5. The SMILES string of the molecule is CC(C)(C)N1CCN(S(=O)(=O)C2CCN(C(C)(C)C)C2)CC1. The highest BCUT2D eigenvalue weighted by molar-refractivity contribution is 7.89. The Kier molecular flexibility index (Phi) is 4.99. The van der Waals surface area contributed by atoms with Gasteiger partial charge in [0.15, 0.2) is 0 Å². The van der Waals surface area contributed by atoms with E-state index < -0.39 is 10.0 Å². The summed E-state index contributed by atoms with van der Waals surface area (Å²) >= 11 is 0. The average Bonchev–Trinajstić information content (AvgIpc) is 2.88. The molecule has 1 unspecified atom stereocenters. The highest BCUT2D eigenvalue weighted by Crippen LogP contribution is 2.27. The molecule has 130 valence electrons. The molecule has 0 spiro atoms. The first-order chi connectivity index (χ1) is 9.92. The molecule has 0 aromatic rings. The molecule has 5 nitrogen and oxygen atoms in total. The van der Waals surface area contributed by atoms with Gasteiger partial charge in [-0.15, -0.1) is 0 Å². The van der Waals surface area contributed by atoms with E-state index in [2.05, 4.69) is 51.3 Å². The molecule has 22 heavy (non-hydrogen) atoms. The molecule has 0 aromatic heterocycles. The van der Waals surface area contributed by atoms with Gasteiger partial charge in [0, 0.05) is 50.3 Å². The van der Waals surface area contributed by atoms with Gasteiger partial charge in [-0.05, 0) is 48.0 Å². The van der Waals surface area contributed by atoms with Gasteiger partial charge in [-0.2, -0.15) is 4.31 Å². The van der Waals surface area contributed by atoms with Gasteiger partial charge in [-0.1, -0.05) is 0 Å². The first-order valence-corrected chi connectivity index (χ1v) is 9.92. The lowest BCUT2D eigenvalue weighted by Gasteiger charge is -2.42. The number of nitrogens with zero attached hydrogens (tertiary/aromatic N) is 3. The molecular formula is C16H33N3O2S. The van der Waals surface area contributed by atoms with E-state index in [1.54, 1.807) is 4.31 Å². The second kappa shape index (κ2) is 6.04. The molecule has 2 heterocycles. The Balaban J connectivity index is 1.98. The van der Waals surface area contributed by atoms with Crippen LogP contribution in [0, 0.1) is 0 Å². The summed E-state index contributed by atoms with van der Waals surface area (Å²) in [5.41, 5.74) is 0.168. The quantitative estimate of drug-likeness (QED) is 0.771. The van der Waals surface area contributed by atoms with Crippen LogP contribution in [0.2, 0.25) is 0 Å². The Hall–Kier alpha value is -0.170. The standard InChI is InChI=1S/C16H33N3O2S/c1-15(2,3)17-9-11-19(12-10-17)22(20,21)14-7-8-18(13-14)16(4,5)6/h14H,7-13H2,1-6H3. The van der Waals surface area contributed by atoms with Gasteiger partial charge in [0.2, 0.25) is 10.0 Å². The molecule has 1 atom stereocenters. The van der Waals surface area contributed by atoms with E-state index in [1.165, 1.54) is 0 Å². The largest absolute Gasteiger partial charge is 0.297 e. The van der Waals surface area contributed by atoms with E-state index in [4.69, 9.17) is 0 Å². The van der Waals surface area contributed by atoms with Crippen LogP contribution < -0.4 is 0 Å². The molecule has 0 N–H and O–H groups in total. The molecule has 2 fully saturated rings. The van der Waals surface area contributed by atoms with Crippen molar-refractivity contribution in [3.05, 3.63) is 0 Å². The maximum atomic E-state index is 12.9. The summed E-state index contributed by atoms with van der Waals surface area (Å²) in [5, 5.41) is -0.229. The Bertz CT molecular complexity index is 483. The van der Waals surface area contributed by atoms with E-state index in [-0.39, 0.29) is 16.3 Å². The maximum absolute atomic E-state index is 12.9. The summed E-state index contributed by atoms with van der Waals surface area (Å²) in [6.07, 6.45) is 0.763. The molecule has 0 aromatic carbocycles. The molecule has 2 saturated heterocycles. The fourth-order valence-electron chi connectivity index (χ4n) is 3.40. The molecule has 0 amide bonds. The normalized spacial score (nSPS) is 27.5. The minimum absolute atomic E-state index is 0.0508. The summed E-state index contributed by atoms with van der Waals surface area (Å²) in [5.74, 6) is 0. The third-order valence-corrected chi connectivity index (χ3v) is 7.37. The predicted molar refractivity (Wildman–Crippen MR) is 91.5 cm³/mol. The summed E-state index contributed by atoms with van der Waals surface area (Å²) < 4.78 is 27.5. The van der Waals surface area contributed by atoms with Crippen molar-refractivity contribution in [3.8, 4) is 0 Å². The zero-order chi connectivity index (χ0) is 16.8. The van der Waals surface area contributed by atoms with Crippen LogP contribution in [0.4, 0.5) is 0 Å². The second-order valence-corrected chi connectivity index (χ2v) is 10.8. The Morgan fingerprint density at radius 3 is 1.68 bits per heavy atom. The molecule has 2 rings (SSSR count). The molecular weight excluding hydrogens is 298 g/mol.